The molecule has 0 aliphatic carbocycles. The van der Waals surface area contributed by atoms with Crippen molar-refractivity contribution in [2.45, 2.75) is 26.9 Å². The molecule has 0 aliphatic heterocycles. The van der Waals surface area contributed by atoms with Crippen molar-refractivity contribution in [1.29, 1.82) is 0 Å². The van der Waals surface area contributed by atoms with E-state index in [4.69, 9.17) is 4.74 Å². The number of esters is 1. The molecular weight excluding hydrogens is 377 g/mol. The van der Waals surface area contributed by atoms with Crippen LogP contribution in [-0.2, 0) is 9.53 Å². The van der Waals surface area contributed by atoms with Crippen LogP contribution in [0.15, 0.2) is 40.9 Å². The Kier molecular flexibility index (Phi) is 5.72. The van der Waals surface area contributed by atoms with E-state index >= 15 is 0 Å². The van der Waals surface area contributed by atoms with E-state index < -0.39 is 23.8 Å². The number of carbonyl (C=O) groups is 2. The van der Waals surface area contributed by atoms with Gasteiger partial charge in [0.15, 0.2) is 6.10 Å². The molecule has 0 spiro atoms. The number of amides is 1. The lowest BCUT2D eigenvalue weighted by molar-refractivity contribution is -0.123. The fourth-order valence-corrected chi connectivity index (χ4v) is 2.50. The van der Waals surface area contributed by atoms with E-state index in [1.54, 1.807) is 0 Å². The van der Waals surface area contributed by atoms with Crippen molar-refractivity contribution in [3.63, 3.8) is 0 Å². The number of carbonyl (C=O) groups excluding carboxylic acids is 2. The van der Waals surface area contributed by atoms with E-state index in [0.29, 0.717) is 10.2 Å². The van der Waals surface area contributed by atoms with E-state index in [-0.39, 0.29) is 5.56 Å². The van der Waals surface area contributed by atoms with Gasteiger partial charge in [0.2, 0.25) is 0 Å². The number of nitrogens with one attached hydrogen (secondary N) is 1. The van der Waals surface area contributed by atoms with E-state index in [1.165, 1.54) is 19.1 Å². The van der Waals surface area contributed by atoms with Crippen molar-refractivity contribution in [2.24, 2.45) is 0 Å². The summed E-state index contributed by atoms with van der Waals surface area (Å²) in [6.07, 6.45) is -1.06. The van der Waals surface area contributed by atoms with Crippen LogP contribution in [0.4, 0.5) is 10.1 Å². The van der Waals surface area contributed by atoms with Gasteiger partial charge in [0.25, 0.3) is 5.91 Å². The number of benzene rings is 2. The number of ether oxygens (including phenoxy) is 1. The van der Waals surface area contributed by atoms with E-state index in [0.717, 1.165) is 17.2 Å². The molecule has 4 nitrogen and oxygen atoms in total. The summed E-state index contributed by atoms with van der Waals surface area (Å²) in [5.74, 6) is -2.07. The van der Waals surface area contributed by atoms with Crippen molar-refractivity contribution >= 4 is 33.5 Å². The Morgan fingerprint density at radius 3 is 2.38 bits per heavy atom. The molecule has 0 fully saturated rings. The lowest BCUT2D eigenvalue weighted by atomic mass is 10.1. The topological polar surface area (TPSA) is 55.4 Å². The lowest BCUT2D eigenvalue weighted by Gasteiger charge is -2.16. The zero-order valence-corrected chi connectivity index (χ0v) is 15.1. The van der Waals surface area contributed by atoms with Crippen molar-refractivity contribution in [2.75, 3.05) is 5.32 Å². The molecule has 0 saturated heterocycles. The van der Waals surface area contributed by atoms with Gasteiger partial charge in [-0.05, 0) is 50.1 Å². The molecule has 0 bridgehead atoms. The molecule has 2 rings (SSSR count). The van der Waals surface area contributed by atoms with E-state index in [9.17, 15) is 14.0 Å². The summed E-state index contributed by atoms with van der Waals surface area (Å²) in [5.41, 5.74) is 2.27. The molecule has 2 aromatic carbocycles. The van der Waals surface area contributed by atoms with Crippen LogP contribution in [0, 0.1) is 19.7 Å². The van der Waals surface area contributed by atoms with Crippen molar-refractivity contribution in [3.8, 4) is 0 Å². The normalized spacial score (nSPS) is 11.7. The molecule has 0 aliphatic rings. The van der Waals surface area contributed by atoms with Gasteiger partial charge in [-0.1, -0.05) is 34.1 Å². The Hall–Kier alpha value is -2.21. The Bertz CT molecular complexity index is 772. The summed E-state index contributed by atoms with van der Waals surface area (Å²) in [6, 6.07) is 9.63. The van der Waals surface area contributed by atoms with Gasteiger partial charge >= 0.3 is 5.97 Å². The fraction of sp³-hybridized carbons (Fsp3) is 0.222. The summed E-state index contributed by atoms with van der Waals surface area (Å²) in [6.45, 7) is 5.19. The minimum Gasteiger partial charge on any atom is -0.449 e. The van der Waals surface area contributed by atoms with Crippen molar-refractivity contribution in [3.05, 3.63) is 63.4 Å². The third-order valence-corrected chi connectivity index (χ3v) is 4.03. The number of aryl methyl sites for hydroxylation is 2. The second-order valence-corrected chi connectivity index (χ2v) is 6.34. The highest BCUT2D eigenvalue weighted by molar-refractivity contribution is 9.10. The minimum absolute atomic E-state index is 0.218. The van der Waals surface area contributed by atoms with Crippen LogP contribution in [-0.4, -0.2) is 18.0 Å². The second-order valence-electron chi connectivity index (χ2n) is 5.43. The molecule has 0 unspecified atom stereocenters. The first kappa shape index (κ1) is 18.1. The Labute approximate surface area is 148 Å². The SMILES string of the molecule is Cc1cccc(C)c1NC(=O)[C@@H](C)OC(=O)c1ccc(Br)cc1F. The van der Waals surface area contributed by atoms with Crippen LogP contribution in [0.3, 0.4) is 0 Å². The van der Waals surface area contributed by atoms with Crippen molar-refractivity contribution < 1.29 is 18.7 Å². The average molecular weight is 394 g/mol. The number of rotatable bonds is 4. The van der Waals surface area contributed by atoms with Crippen LogP contribution < -0.4 is 5.32 Å². The largest absolute Gasteiger partial charge is 0.449 e. The maximum absolute atomic E-state index is 13.8. The predicted molar refractivity (Wildman–Crippen MR) is 93.5 cm³/mol. The lowest BCUT2D eigenvalue weighted by Crippen LogP contribution is -2.30. The highest BCUT2D eigenvalue weighted by atomic mass is 79.9. The van der Waals surface area contributed by atoms with Gasteiger partial charge in [-0.25, -0.2) is 9.18 Å². The van der Waals surface area contributed by atoms with Crippen LogP contribution >= 0.6 is 15.9 Å². The first-order valence-electron chi connectivity index (χ1n) is 7.32. The maximum Gasteiger partial charge on any atom is 0.341 e. The highest BCUT2D eigenvalue weighted by Gasteiger charge is 2.22. The van der Waals surface area contributed by atoms with Crippen LogP contribution in [0.25, 0.3) is 0 Å². The molecule has 6 heteroatoms. The average Bonchev–Trinajstić information content (AvgIpc) is 2.50. The number of hydrogen-bond donors (Lipinski definition) is 1. The third kappa shape index (κ3) is 4.20. The van der Waals surface area contributed by atoms with Gasteiger partial charge < -0.3 is 10.1 Å². The van der Waals surface area contributed by atoms with Crippen LogP contribution in [0.5, 0.6) is 0 Å². The summed E-state index contributed by atoms with van der Waals surface area (Å²) in [4.78, 5) is 24.3. The molecule has 0 saturated carbocycles. The quantitative estimate of drug-likeness (QED) is 0.783. The van der Waals surface area contributed by atoms with Crippen LogP contribution in [0.1, 0.15) is 28.4 Å². The zero-order chi connectivity index (χ0) is 17.9. The molecule has 0 radical (unpaired) electrons. The minimum atomic E-state index is -1.06. The number of para-hydroxylation sites is 1. The highest BCUT2D eigenvalue weighted by Crippen LogP contribution is 2.20. The molecule has 126 valence electrons. The Morgan fingerprint density at radius 1 is 1.17 bits per heavy atom. The summed E-state index contributed by atoms with van der Waals surface area (Å²) >= 11 is 3.11. The van der Waals surface area contributed by atoms with Gasteiger partial charge in [0.05, 0.1) is 5.56 Å². The second kappa shape index (κ2) is 7.57. The molecule has 0 aromatic heterocycles. The number of hydrogen-bond acceptors (Lipinski definition) is 3. The van der Waals surface area contributed by atoms with Crippen molar-refractivity contribution in [1.82, 2.24) is 0 Å². The van der Waals surface area contributed by atoms with E-state index in [1.807, 2.05) is 32.0 Å². The van der Waals surface area contributed by atoms with E-state index in [2.05, 4.69) is 21.2 Å². The standard InChI is InChI=1S/C18H17BrFNO3/c1-10-5-4-6-11(2)16(10)21-17(22)12(3)24-18(23)14-8-7-13(19)9-15(14)20/h4-9,12H,1-3H3,(H,21,22)/t12-/m1/s1. The molecule has 1 N–H and O–H groups in total. The fourth-order valence-electron chi connectivity index (χ4n) is 2.17. The number of anilines is 1. The summed E-state index contributed by atoms with van der Waals surface area (Å²) in [7, 11) is 0. The Balaban J connectivity index is 2.07. The summed E-state index contributed by atoms with van der Waals surface area (Å²) < 4.78 is 19.3. The Morgan fingerprint density at radius 2 is 1.79 bits per heavy atom. The molecule has 1 atom stereocenters. The van der Waals surface area contributed by atoms with Crippen LogP contribution in [0.2, 0.25) is 0 Å². The molecular formula is C18H17BrFNO3. The number of halogens is 2. The van der Waals surface area contributed by atoms with Gasteiger partial charge in [-0.3, -0.25) is 4.79 Å². The third-order valence-electron chi connectivity index (χ3n) is 3.53. The predicted octanol–water partition coefficient (Wildman–Crippen LogP) is 4.39. The first-order valence-corrected chi connectivity index (χ1v) is 8.12. The molecule has 0 heterocycles. The van der Waals surface area contributed by atoms with Gasteiger partial charge in [-0.2, -0.15) is 0 Å². The summed E-state index contributed by atoms with van der Waals surface area (Å²) in [5, 5.41) is 2.74. The zero-order valence-electron chi connectivity index (χ0n) is 13.5. The molecule has 1 amide bonds. The smallest absolute Gasteiger partial charge is 0.341 e. The molecule has 24 heavy (non-hydrogen) atoms. The maximum atomic E-state index is 13.8. The van der Waals surface area contributed by atoms with Gasteiger partial charge in [-0.15, -0.1) is 0 Å². The molecule has 2 aromatic rings. The van der Waals surface area contributed by atoms with Gasteiger partial charge in [0.1, 0.15) is 5.82 Å². The first-order chi connectivity index (χ1) is 11.3. The van der Waals surface area contributed by atoms with Gasteiger partial charge in [0, 0.05) is 10.2 Å². The monoisotopic (exact) mass is 393 g/mol.